The molecule has 25 heavy (non-hydrogen) atoms. The standard InChI is InChI=1S/C18H19Cl2N3OS/c1-10-6-11(2)14(12(3)7-10)9-17(24)22-23-18(25)21-16-8-13(19)4-5-15(16)20/h4-8H,9H2,1-3H3,(H,22,24)(H2,21,23,25). The van der Waals surface area contributed by atoms with Gasteiger partial charge in [-0.25, -0.2) is 0 Å². The van der Waals surface area contributed by atoms with Crippen molar-refractivity contribution in [2.45, 2.75) is 27.2 Å². The Morgan fingerprint density at radius 1 is 1.04 bits per heavy atom. The second kappa shape index (κ2) is 8.52. The lowest BCUT2D eigenvalue weighted by molar-refractivity contribution is -0.121. The molecule has 0 fully saturated rings. The number of rotatable bonds is 3. The third-order valence-corrected chi connectivity index (χ3v) is 4.44. The minimum atomic E-state index is -0.184. The van der Waals surface area contributed by atoms with Gasteiger partial charge < -0.3 is 5.32 Å². The molecule has 0 aliphatic heterocycles. The van der Waals surface area contributed by atoms with Crippen LogP contribution >= 0.6 is 35.4 Å². The quantitative estimate of drug-likeness (QED) is 0.529. The first-order valence-electron chi connectivity index (χ1n) is 7.64. The summed E-state index contributed by atoms with van der Waals surface area (Å²) in [6.45, 7) is 6.04. The van der Waals surface area contributed by atoms with Crippen LogP contribution in [0.2, 0.25) is 10.0 Å². The molecule has 2 aromatic rings. The second-order valence-corrected chi connectivity index (χ2v) is 7.06. The zero-order valence-electron chi connectivity index (χ0n) is 14.2. The maximum atomic E-state index is 12.2. The molecule has 1 amide bonds. The number of carbonyl (C=O) groups excluding carboxylic acids is 1. The molecule has 0 saturated carbocycles. The zero-order valence-corrected chi connectivity index (χ0v) is 16.5. The first-order chi connectivity index (χ1) is 11.8. The summed E-state index contributed by atoms with van der Waals surface area (Å²) in [7, 11) is 0. The number of carbonyl (C=O) groups is 1. The lowest BCUT2D eigenvalue weighted by Gasteiger charge is -2.14. The van der Waals surface area contributed by atoms with Gasteiger partial charge in [0.05, 0.1) is 17.1 Å². The van der Waals surface area contributed by atoms with Gasteiger partial charge in [-0.3, -0.25) is 15.6 Å². The van der Waals surface area contributed by atoms with Gasteiger partial charge in [0.15, 0.2) is 5.11 Å². The zero-order chi connectivity index (χ0) is 18.6. The van der Waals surface area contributed by atoms with E-state index in [0.717, 1.165) is 16.7 Å². The van der Waals surface area contributed by atoms with Crippen molar-refractivity contribution in [1.29, 1.82) is 0 Å². The highest BCUT2D eigenvalue weighted by atomic mass is 35.5. The summed E-state index contributed by atoms with van der Waals surface area (Å²) in [6.07, 6.45) is 0.269. The van der Waals surface area contributed by atoms with Crippen molar-refractivity contribution in [2.75, 3.05) is 5.32 Å². The van der Waals surface area contributed by atoms with Gasteiger partial charge in [0.2, 0.25) is 5.91 Å². The van der Waals surface area contributed by atoms with Crippen molar-refractivity contribution in [3.8, 4) is 0 Å². The number of amides is 1. The van der Waals surface area contributed by atoms with Crippen LogP contribution in [-0.4, -0.2) is 11.0 Å². The molecule has 2 rings (SSSR count). The number of hydrogen-bond donors (Lipinski definition) is 3. The van der Waals surface area contributed by atoms with E-state index in [1.54, 1.807) is 18.2 Å². The third kappa shape index (κ3) is 5.59. The molecule has 4 nitrogen and oxygen atoms in total. The number of thiocarbonyl (C=S) groups is 1. The average Bonchev–Trinajstić information content (AvgIpc) is 2.52. The Kier molecular flexibility index (Phi) is 6.64. The van der Waals surface area contributed by atoms with Crippen molar-refractivity contribution in [2.24, 2.45) is 0 Å². The predicted octanol–water partition coefficient (Wildman–Crippen LogP) is 4.48. The smallest absolute Gasteiger partial charge is 0.242 e. The van der Waals surface area contributed by atoms with Crippen molar-refractivity contribution < 1.29 is 4.79 Å². The van der Waals surface area contributed by atoms with Crippen LogP contribution in [-0.2, 0) is 11.2 Å². The minimum Gasteiger partial charge on any atom is -0.330 e. The molecule has 0 unspecified atom stereocenters. The van der Waals surface area contributed by atoms with Crippen LogP contribution in [0.5, 0.6) is 0 Å². The second-order valence-electron chi connectivity index (χ2n) is 5.81. The third-order valence-electron chi connectivity index (χ3n) is 3.67. The van der Waals surface area contributed by atoms with Gasteiger partial charge in [0, 0.05) is 5.02 Å². The first-order valence-corrected chi connectivity index (χ1v) is 8.80. The van der Waals surface area contributed by atoms with Gasteiger partial charge >= 0.3 is 0 Å². The fraction of sp³-hybridized carbons (Fsp3) is 0.222. The summed E-state index contributed by atoms with van der Waals surface area (Å²) in [6, 6.07) is 9.13. The molecule has 0 radical (unpaired) electrons. The molecule has 0 bridgehead atoms. The highest BCUT2D eigenvalue weighted by molar-refractivity contribution is 7.80. The maximum Gasteiger partial charge on any atom is 0.242 e. The normalized spacial score (nSPS) is 10.3. The van der Waals surface area contributed by atoms with Gasteiger partial charge in [0.25, 0.3) is 0 Å². The highest BCUT2D eigenvalue weighted by Gasteiger charge is 2.10. The fourth-order valence-electron chi connectivity index (χ4n) is 2.57. The van der Waals surface area contributed by atoms with Crippen LogP contribution < -0.4 is 16.2 Å². The maximum absolute atomic E-state index is 12.2. The summed E-state index contributed by atoms with van der Waals surface area (Å²) in [5, 5.41) is 4.12. The highest BCUT2D eigenvalue weighted by Crippen LogP contribution is 2.25. The van der Waals surface area contributed by atoms with Gasteiger partial charge in [-0.2, -0.15) is 0 Å². The molecule has 7 heteroatoms. The molecule has 3 N–H and O–H groups in total. The topological polar surface area (TPSA) is 53.2 Å². The first kappa shape index (κ1) is 19.5. The number of aryl methyl sites for hydroxylation is 3. The monoisotopic (exact) mass is 395 g/mol. The van der Waals surface area contributed by atoms with E-state index in [9.17, 15) is 4.79 Å². The van der Waals surface area contributed by atoms with Crippen molar-refractivity contribution in [1.82, 2.24) is 10.9 Å². The number of benzene rings is 2. The Morgan fingerprint density at radius 3 is 2.32 bits per heavy atom. The Hall–Kier alpha value is -1.82. The van der Waals surface area contributed by atoms with E-state index in [2.05, 4.69) is 28.3 Å². The van der Waals surface area contributed by atoms with E-state index in [1.165, 1.54) is 5.56 Å². The van der Waals surface area contributed by atoms with Gasteiger partial charge in [-0.1, -0.05) is 40.9 Å². The van der Waals surface area contributed by atoms with Gasteiger partial charge in [-0.05, 0) is 67.9 Å². The Bertz CT molecular complexity index is 801. The van der Waals surface area contributed by atoms with Crippen molar-refractivity contribution >= 4 is 52.1 Å². The van der Waals surface area contributed by atoms with E-state index >= 15 is 0 Å². The molecule has 0 saturated heterocycles. The van der Waals surface area contributed by atoms with E-state index in [1.807, 2.05) is 20.8 Å². The molecule has 0 spiro atoms. The Morgan fingerprint density at radius 2 is 1.68 bits per heavy atom. The van der Waals surface area contributed by atoms with Crippen molar-refractivity contribution in [3.05, 3.63) is 62.6 Å². The average molecular weight is 396 g/mol. The number of nitrogens with one attached hydrogen (secondary N) is 3. The predicted molar refractivity (Wildman–Crippen MR) is 108 cm³/mol. The Labute approximate surface area is 162 Å². The van der Waals surface area contributed by atoms with Gasteiger partial charge in [0.1, 0.15) is 0 Å². The molecule has 0 atom stereocenters. The number of hydrazine groups is 1. The molecule has 0 aliphatic carbocycles. The molecule has 132 valence electrons. The van der Waals surface area contributed by atoms with Crippen LogP contribution in [0.15, 0.2) is 30.3 Å². The lowest BCUT2D eigenvalue weighted by atomic mass is 9.97. The molecular weight excluding hydrogens is 377 g/mol. The molecule has 2 aromatic carbocycles. The van der Waals surface area contributed by atoms with Crippen LogP contribution in [0, 0.1) is 20.8 Å². The molecule has 0 heterocycles. The Balaban J connectivity index is 1.92. The van der Waals surface area contributed by atoms with Crippen molar-refractivity contribution in [3.63, 3.8) is 0 Å². The fourth-order valence-corrected chi connectivity index (χ4v) is 3.06. The number of anilines is 1. The van der Waals surface area contributed by atoms with Crippen LogP contribution in [0.25, 0.3) is 0 Å². The molecular formula is C18H19Cl2N3OS. The molecule has 0 aliphatic rings. The summed E-state index contributed by atoms with van der Waals surface area (Å²) in [4.78, 5) is 12.2. The summed E-state index contributed by atoms with van der Waals surface area (Å²) in [5.74, 6) is -0.184. The summed E-state index contributed by atoms with van der Waals surface area (Å²) in [5.41, 5.74) is 10.2. The van der Waals surface area contributed by atoms with Crippen LogP contribution in [0.4, 0.5) is 5.69 Å². The minimum absolute atomic E-state index is 0.184. The van der Waals surface area contributed by atoms with E-state index in [4.69, 9.17) is 35.4 Å². The van der Waals surface area contributed by atoms with Crippen LogP contribution in [0.3, 0.4) is 0 Å². The number of halogens is 2. The van der Waals surface area contributed by atoms with E-state index in [-0.39, 0.29) is 17.4 Å². The SMILES string of the molecule is Cc1cc(C)c(CC(=O)NNC(=S)Nc2cc(Cl)ccc2Cl)c(C)c1. The summed E-state index contributed by atoms with van der Waals surface area (Å²) < 4.78 is 0. The number of hydrogen-bond acceptors (Lipinski definition) is 2. The largest absolute Gasteiger partial charge is 0.330 e. The van der Waals surface area contributed by atoms with E-state index < -0.39 is 0 Å². The molecule has 0 aromatic heterocycles. The lowest BCUT2D eigenvalue weighted by Crippen LogP contribution is -2.44. The summed E-state index contributed by atoms with van der Waals surface area (Å²) >= 11 is 17.1. The van der Waals surface area contributed by atoms with Gasteiger partial charge in [-0.15, -0.1) is 0 Å². The van der Waals surface area contributed by atoms with Crippen LogP contribution in [0.1, 0.15) is 22.3 Å². The van der Waals surface area contributed by atoms with E-state index in [0.29, 0.717) is 15.7 Å².